The van der Waals surface area contributed by atoms with Crippen molar-refractivity contribution in [1.29, 1.82) is 0 Å². The van der Waals surface area contributed by atoms with Crippen LogP contribution in [0.3, 0.4) is 0 Å². The van der Waals surface area contributed by atoms with Crippen molar-refractivity contribution in [3.05, 3.63) is 54.1 Å². The largest absolute Gasteiger partial charge is 0.463 e. The normalized spacial score (nSPS) is 12.1. The van der Waals surface area contributed by atoms with Crippen LogP contribution in [0.2, 0.25) is 0 Å². The van der Waals surface area contributed by atoms with Crippen LogP contribution in [0.1, 0.15) is 31.2 Å². The van der Waals surface area contributed by atoms with E-state index in [9.17, 15) is 9.36 Å². The molecular formula is C17H23O5P. The second-order valence-corrected chi connectivity index (χ2v) is 6.88. The molecule has 0 saturated heterocycles. The molecule has 1 aromatic carbocycles. The minimum absolute atomic E-state index is 0.0801. The molecule has 6 heteroatoms. The molecular weight excluding hydrogens is 315 g/mol. The second-order valence-electron chi connectivity index (χ2n) is 5.10. The molecule has 0 heterocycles. The van der Waals surface area contributed by atoms with Gasteiger partial charge < -0.3 is 14.5 Å². The fourth-order valence-electron chi connectivity index (χ4n) is 1.86. The number of benzene rings is 1. The molecule has 0 aliphatic heterocycles. The summed E-state index contributed by atoms with van der Waals surface area (Å²) in [5, 5.41) is 0. The van der Waals surface area contributed by atoms with Crippen molar-refractivity contribution in [2.75, 3.05) is 12.8 Å². The van der Waals surface area contributed by atoms with E-state index in [1.165, 1.54) is 6.08 Å². The maximum atomic E-state index is 11.4. The first-order valence-electron chi connectivity index (χ1n) is 7.58. The van der Waals surface area contributed by atoms with Crippen LogP contribution < -0.4 is 0 Å². The van der Waals surface area contributed by atoms with Crippen molar-refractivity contribution in [3.63, 3.8) is 0 Å². The third-order valence-corrected chi connectivity index (χ3v) is 3.92. The smallest absolute Gasteiger partial charge is 0.330 e. The van der Waals surface area contributed by atoms with Gasteiger partial charge in [0, 0.05) is 12.2 Å². The van der Waals surface area contributed by atoms with Crippen molar-refractivity contribution in [3.8, 4) is 0 Å². The van der Waals surface area contributed by atoms with Gasteiger partial charge in [0.1, 0.15) is 0 Å². The zero-order chi connectivity index (χ0) is 17.0. The first kappa shape index (κ1) is 19.4. The number of carbonyl (C=O) groups is 1. The van der Waals surface area contributed by atoms with Crippen LogP contribution >= 0.6 is 7.60 Å². The third kappa shape index (κ3) is 11.5. The number of hydrogen-bond acceptors (Lipinski definition) is 3. The van der Waals surface area contributed by atoms with Crippen LogP contribution in [0.25, 0.3) is 6.08 Å². The minimum Gasteiger partial charge on any atom is -0.463 e. The van der Waals surface area contributed by atoms with E-state index in [0.717, 1.165) is 18.4 Å². The molecule has 0 fully saturated rings. The molecule has 1 aromatic rings. The maximum absolute atomic E-state index is 11.4. The van der Waals surface area contributed by atoms with E-state index in [0.29, 0.717) is 19.4 Å². The summed E-state index contributed by atoms with van der Waals surface area (Å²) in [5.41, 5.74) is 1.06. The van der Waals surface area contributed by atoms with E-state index in [2.05, 4.69) is 0 Å². The van der Waals surface area contributed by atoms with Crippen LogP contribution in [0.15, 0.2) is 48.6 Å². The Hall–Kier alpha value is -1.68. The predicted molar refractivity (Wildman–Crippen MR) is 91.0 cm³/mol. The average molecular weight is 338 g/mol. The van der Waals surface area contributed by atoms with E-state index >= 15 is 0 Å². The molecule has 0 bridgehead atoms. The molecule has 0 aliphatic carbocycles. The van der Waals surface area contributed by atoms with Gasteiger partial charge >= 0.3 is 13.6 Å². The van der Waals surface area contributed by atoms with E-state index in [1.54, 1.807) is 12.2 Å². The van der Waals surface area contributed by atoms with Crippen LogP contribution in [-0.2, 0) is 14.1 Å². The lowest BCUT2D eigenvalue weighted by atomic mass is 10.2. The van der Waals surface area contributed by atoms with Crippen molar-refractivity contribution < 1.29 is 23.9 Å². The summed E-state index contributed by atoms with van der Waals surface area (Å²) in [6.07, 6.45) is 9.28. The van der Waals surface area contributed by atoms with Gasteiger partial charge in [0.2, 0.25) is 0 Å². The summed E-state index contributed by atoms with van der Waals surface area (Å²) in [7, 11) is -3.88. The molecule has 0 saturated carbocycles. The number of esters is 1. The molecule has 0 amide bonds. The Bertz CT molecular complexity index is 560. The van der Waals surface area contributed by atoms with Gasteiger partial charge in [0.05, 0.1) is 6.61 Å². The summed E-state index contributed by atoms with van der Waals surface area (Å²) in [6, 6.07) is 9.76. The number of hydrogen-bond donors (Lipinski definition) is 2. The molecule has 1 rings (SSSR count). The average Bonchev–Trinajstić information content (AvgIpc) is 2.50. The Kier molecular flexibility index (Phi) is 9.22. The Morgan fingerprint density at radius 3 is 2.43 bits per heavy atom. The molecule has 0 spiro atoms. The molecule has 5 nitrogen and oxygen atoms in total. The van der Waals surface area contributed by atoms with Crippen LogP contribution in [0.4, 0.5) is 0 Å². The van der Waals surface area contributed by atoms with Crippen molar-refractivity contribution in [2.24, 2.45) is 0 Å². The lowest BCUT2D eigenvalue weighted by Crippen LogP contribution is -2.02. The highest BCUT2D eigenvalue weighted by Crippen LogP contribution is 2.35. The lowest BCUT2D eigenvalue weighted by molar-refractivity contribution is -0.137. The van der Waals surface area contributed by atoms with Gasteiger partial charge in [0.25, 0.3) is 0 Å². The predicted octanol–water partition coefficient (Wildman–Crippen LogP) is 3.54. The number of carbonyl (C=O) groups excluding carboxylic acids is 1. The van der Waals surface area contributed by atoms with Crippen LogP contribution in [0, 0.1) is 0 Å². The topological polar surface area (TPSA) is 83.8 Å². The number of allylic oxidation sites excluding steroid dienone is 2. The van der Waals surface area contributed by atoms with Crippen LogP contribution in [-0.4, -0.2) is 28.5 Å². The summed E-state index contributed by atoms with van der Waals surface area (Å²) in [6.45, 7) is 0.321. The van der Waals surface area contributed by atoms with Crippen molar-refractivity contribution in [2.45, 2.75) is 25.7 Å². The Balaban J connectivity index is 2.07. The summed E-state index contributed by atoms with van der Waals surface area (Å²) in [4.78, 5) is 28.8. The van der Waals surface area contributed by atoms with Crippen molar-refractivity contribution >= 4 is 19.6 Å². The van der Waals surface area contributed by atoms with Gasteiger partial charge in [-0.05, 0) is 18.4 Å². The lowest BCUT2D eigenvalue weighted by Gasteiger charge is -2.04. The SMILES string of the molecule is O=C(C=CC=Cc1ccccc1)OCCCCCCP(=O)(O)O. The molecule has 0 unspecified atom stereocenters. The van der Waals surface area contributed by atoms with Gasteiger partial charge in [-0.25, -0.2) is 4.79 Å². The first-order valence-corrected chi connectivity index (χ1v) is 9.38. The monoisotopic (exact) mass is 338 g/mol. The third-order valence-electron chi connectivity index (χ3n) is 3.02. The van der Waals surface area contributed by atoms with Gasteiger partial charge in [0.15, 0.2) is 0 Å². The van der Waals surface area contributed by atoms with E-state index in [4.69, 9.17) is 14.5 Å². The molecule has 2 N–H and O–H groups in total. The van der Waals surface area contributed by atoms with E-state index in [-0.39, 0.29) is 6.16 Å². The highest BCUT2D eigenvalue weighted by atomic mass is 31.2. The number of ether oxygens (including phenoxy) is 1. The van der Waals surface area contributed by atoms with Crippen molar-refractivity contribution in [1.82, 2.24) is 0 Å². The molecule has 23 heavy (non-hydrogen) atoms. The Labute approximate surface area is 136 Å². The van der Waals surface area contributed by atoms with Gasteiger partial charge in [-0.2, -0.15) is 0 Å². The van der Waals surface area contributed by atoms with E-state index in [1.807, 2.05) is 36.4 Å². The maximum Gasteiger partial charge on any atom is 0.330 e. The Morgan fingerprint density at radius 2 is 1.74 bits per heavy atom. The molecule has 0 aromatic heterocycles. The fraction of sp³-hybridized carbons (Fsp3) is 0.353. The summed E-state index contributed by atoms with van der Waals surface area (Å²) >= 11 is 0. The zero-order valence-electron chi connectivity index (χ0n) is 13.0. The quantitative estimate of drug-likeness (QED) is 0.224. The van der Waals surface area contributed by atoms with Gasteiger partial charge in [-0.1, -0.05) is 61.4 Å². The Morgan fingerprint density at radius 1 is 1.04 bits per heavy atom. The van der Waals surface area contributed by atoms with Crippen LogP contribution in [0.5, 0.6) is 0 Å². The van der Waals surface area contributed by atoms with Gasteiger partial charge in [-0.3, -0.25) is 4.57 Å². The summed E-state index contributed by atoms with van der Waals surface area (Å²) in [5.74, 6) is -0.391. The van der Waals surface area contributed by atoms with Gasteiger partial charge in [-0.15, -0.1) is 0 Å². The van der Waals surface area contributed by atoms with E-state index < -0.39 is 13.6 Å². The molecule has 0 aliphatic rings. The molecule has 126 valence electrons. The second kappa shape index (κ2) is 10.9. The highest BCUT2D eigenvalue weighted by Gasteiger charge is 2.10. The fourth-order valence-corrected chi connectivity index (χ4v) is 2.49. The number of rotatable bonds is 10. The minimum atomic E-state index is -3.88. The molecule has 0 radical (unpaired) electrons. The first-order chi connectivity index (χ1) is 11.0. The molecule has 0 atom stereocenters. The standard InChI is InChI=1S/C17H23O5P/c18-17(13-7-6-12-16-10-4-3-5-11-16)22-14-8-1-2-9-15-23(19,20)21/h3-7,10-13H,1-2,8-9,14-15H2,(H2,19,20,21). The number of unbranched alkanes of at least 4 members (excludes halogenated alkanes) is 3. The summed E-state index contributed by atoms with van der Waals surface area (Å²) < 4.78 is 15.7. The zero-order valence-corrected chi connectivity index (χ0v) is 13.9. The highest BCUT2D eigenvalue weighted by molar-refractivity contribution is 7.51.